The minimum Gasteiger partial charge on any atom is -0.444 e. The lowest BCUT2D eigenvalue weighted by molar-refractivity contribution is -0.185. The van der Waals surface area contributed by atoms with Crippen LogP contribution >= 0.6 is 0 Å². The van der Waals surface area contributed by atoms with Crippen molar-refractivity contribution in [3.8, 4) is 0 Å². The summed E-state index contributed by atoms with van der Waals surface area (Å²) in [5, 5.41) is 48.8. The Hall–Kier alpha value is -3.11. The van der Waals surface area contributed by atoms with Gasteiger partial charge in [0.1, 0.15) is 41.8 Å². The predicted octanol–water partition coefficient (Wildman–Crippen LogP) is -2.04. The molecule has 1 saturated heterocycles. The number of rotatable bonds is 7. The van der Waals surface area contributed by atoms with Crippen molar-refractivity contribution >= 4 is 29.0 Å². The number of hydrogen-bond donors (Lipinski definition) is 8. The van der Waals surface area contributed by atoms with Crippen LogP contribution in [0.4, 0.5) is 10.6 Å². The van der Waals surface area contributed by atoms with Gasteiger partial charge in [-0.25, -0.2) is 19.7 Å². The maximum atomic E-state index is 12.8. The summed E-state index contributed by atoms with van der Waals surface area (Å²) in [6, 6.07) is -2.72. The van der Waals surface area contributed by atoms with E-state index in [9.17, 15) is 30.0 Å². The highest BCUT2D eigenvalue weighted by Gasteiger charge is 2.46. The molecular weight excluding hydrogens is 466 g/mol. The fraction of sp³-hybridized carbons (Fsp3) is 0.650. The summed E-state index contributed by atoms with van der Waals surface area (Å²) >= 11 is 0. The highest BCUT2D eigenvalue weighted by molar-refractivity contribution is 5.86. The lowest BCUT2D eigenvalue weighted by atomic mass is 9.94. The average molecular weight is 498 g/mol. The van der Waals surface area contributed by atoms with Crippen LogP contribution in [0.25, 0.3) is 11.2 Å². The maximum Gasteiger partial charge on any atom is 0.408 e. The topological polar surface area (TPSA) is 224 Å². The lowest BCUT2D eigenvalue weighted by Gasteiger charge is -2.43. The van der Waals surface area contributed by atoms with E-state index in [1.54, 1.807) is 20.8 Å². The van der Waals surface area contributed by atoms with Crippen molar-refractivity contribution in [1.29, 1.82) is 0 Å². The van der Waals surface area contributed by atoms with E-state index < -0.39 is 66.9 Å². The second kappa shape index (κ2) is 10.7. The molecule has 1 fully saturated rings. The zero-order valence-electron chi connectivity index (χ0n) is 19.7. The second-order valence-corrected chi connectivity index (χ2v) is 9.13. The Morgan fingerprint density at radius 3 is 2.57 bits per heavy atom. The molecule has 2 aromatic heterocycles. The molecule has 2 amide bonds. The first kappa shape index (κ1) is 26.5. The van der Waals surface area contributed by atoms with Gasteiger partial charge in [0.25, 0.3) is 0 Å². The highest BCUT2D eigenvalue weighted by atomic mass is 16.6. The van der Waals surface area contributed by atoms with Gasteiger partial charge in [-0.05, 0) is 27.7 Å². The molecule has 3 heterocycles. The van der Waals surface area contributed by atoms with Crippen molar-refractivity contribution in [2.45, 2.75) is 76.0 Å². The summed E-state index contributed by atoms with van der Waals surface area (Å²) < 4.78 is 10.8. The first-order valence-corrected chi connectivity index (χ1v) is 10.9. The number of fused-ring (bicyclic) bond motifs is 1. The van der Waals surface area contributed by atoms with Gasteiger partial charge in [-0.15, -0.1) is 0 Å². The van der Waals surface area contributed by atoms with Crippen LogP contribution in [0.5, 0.6) is 0 Å². The van der Waals surface area contributed by atoms with Crippen molar-refractivity contribution in [2.24, 2.45) is 0 Å². The standard InChI is InChI=1S/C20H31N7O8/c1-8(29)10(26-19(33)35-20(2,3)4)17(32)25-11-9(5-28)34-18(14(31)13(11)30)27-16-12-15(22-6-21-12)23-7-24-16/h6-11,13-14,18,28-31H,5H2,1-4H3,(H,25,32)(H,26,33)(H2,21,22,23,24,27)/t8-,9-,10+,11-,13+,14-,18-/m0/s1. The Morgan fingerprint density at radius 1 is 1.23 bits per heavy atom. The third-order valence-corrected chi connectivity index (χ3v) is 5.18. The molecular formula is C20H31N7O8. The Kier molecular flexibility index (Phi) is 8.07. The number of carbonyl (C=O) groups is 2. The molecule has 0 saturated carbocycles. The summed E-state index contributed by atoms with van der Waals surface area (Å²) in [6.07, 6.45) is -5.16. The van der Waals surface area contributed by atoms with E-state index in [-0.39, 0.29) is 5.82 Å². The number of nitrogens with zero attached hydrogens (tertiary/aromatic N) is 3. The fourth-order valence-electron chi connectivity index (χ4n) is 3.52. The SMILES string of the molecule is C[C@H](O)[C@@H](NC(=O)OC(C)(C)C)C(=O)N[C@@H]1[C@@H](O)[C@H](O)[C@@H](Nc2ncnc3nc[nH]c23)O[C@H]1CO. The van der Waals surface area contributed by atoms with Crippen LogP contribution < -0.4 is 16.0 Å². The van der Waals surface area contributed by atoms with Crippen LogP contribution in [-0.2, 0) is 14.3 Å². The van der Waals surface area contributed by atoms with E-state index >= 15 is 0 Å². The number of hydrogen-bond acceptors (Lipinski definition) is 12. The van der Waals surface area contributed by atoms with Crippen molar-refractivity contribution in [3.63, 3.8) is 0 Å². The summed E-state index contributed by atoms with van der Waals surface area (Å²) in [4.78, 5) is 39.8. The van der Waals surface area contributed by atoms with E-state index in [0.717, 1.165) is 0 Å². The zero-order valence-corrected chi connectivity index (χ0v) is 19.7. The number of nitrogens with one attached hydrogen (secondary N) is 4. The molecule has 1 aliphatic rings. The molecule has 15 nitrogen and oxygen atoms in total. The number of amides is 2. The van der Waals surface area contributed by atoms with Crippen molar-refractivity contribution in [3.05, 3.63) is 12.7 Å². The van der Waals surface area contributed by atoms with Crippen LogP contribution in [0.2, 0.25) is 0 Å². The third-order valence-electron chi connectivity index (χ3n) is 5.18. The lowest BCUT2D eigenvalue weighted by Crippen LogP contribution is -2.67. The molecule has 8 N–H and O–H groups in total. The number of ether oxygens (including phenoxy) is 2. The van der Waals surface area contributed by atoms with Gasteiger partial charge >= 0.3 is 6.09 Å². The van der Waals surface area contributed by atoms with Crippen molar-refractivity contribution < 1.29 is 39.5 Å². The van der Waals surface area contributed by atoms with Gasteiger partial charge in [0.2, 0.25) is 5.91 Å². The van der Waals surface area contributed by atoms with Crippen LogP contribution in [0.15, 0.2) is 12.7 Å². The number of H-pyrrole nitrogens is 1. The van der Waals surface area contributed by atoms with E-state index in [1.807, 2.05) is 0 Å². The molecule has 15 heteroatoms. The Morgan fingerprint density at radius 2 is 1.94 bits per heavy atom. The molecule has 0 aliphatic carbocycles. The number of alkyl carbamates (subject to hydrolysis) is 1. The van der Waals surface area contributed by atoms with E-state index in [2.05, 4.69) is 35.9 Å². The summed E-state index contributed by atoms with van der Waals surface area (Å²) in [7, 11) is 0. The molecule has 2 aromatic rings. The van der Waals surface area contributed by atoms with Gasteiger partial charge in [0.15, 0.2) is 17.7 Å². The molecule has 7 atom stereocenters. The minimum atomic E-state index is -1.60. The van der Waals surface area contributed by atoms with E-state index in [4.69, 9.17) is 9.47 Å². The molecule has 0 aromatic carbocycles. The molecule has 35 heavy (non-hydrogen) atoms. The Bertz CT molecular complexity index is 1020. The van der Waals surface area contributed by atoms with Crippen LogP contribution in [0.1, 0.15) is 27.7 Å². The predicted molar refractivity (Wildman–Crippen MR) is 120 cm³/mol. The number of aliphatic hydroxyl groups excluding tert-OH is 4. The fourth-order valence-corrected chi connectivity index (χ4v) is 3.52. The molecule has 1 aliphatic heterocycles. The van der Waals surface area contributed by atoms with Crippen molar-refractivity contribution in [2.75, 3.05) is 11.9 Å². The van der Waals surface area contributed by atoms with Gasteiger partial charge in [0, 0.05) is 0 Å². The molecule has 3 rings (SSSR count). The van der Waals surface area contributed by atoms with Gasteiger partial charge in [0.05, 0.1) is 25.1 Å². The normalized spacial score (nSPS) is 26.6. The minimum absolute atomic E-state index is 0.235. The number of carbonyl (C=O) groups excluding carboxylic acids is 2. The smallest absolute Gasteiger partial charge is 0.408 e. The quantitative estimate of drug-likeness (QED) is 0.207. The summed E-state index contributed by atoms with van der Waals surface area (Å²) in [5.41, 5.74) is -0.0443. The Balaban J connectivity index is 1.71. The maximum absolute atomic E-state index is 12.8. The van der Waals surface area contributed by atoms with Crippen LogP contribution in [-0.4, -0.2) is 107 Å². The number of imidazole rings is 1. The van der Waals surface area contributed by atoms with E-state index in [0.29, 0.717) is 11.2 Å². The van der Waals surface area contributed by atoms with Gasteiger partial charge in [-0.2, -0.15) is 0 Å². The molecule has 0 bridgehead atoms. The van der Waals surface area contributed by atoms with Gasteiger partial charge in [-0.3, -0.25) is 4.79 Å². The summed E-state index contributed by atoms with van der Waals surface area (Å²) in [5.74, 6) is -0.649. The van der Waals surface area contributed by atoms with Crippen molar-refractivity contribution in [1.82, 2.24) is 30.6 Å². The number of aromatic amines is 1. The highest BCUT2D eigenvalue weighted by Crippen LogP contribution is 2.24. The number of aliphatic hydroxyl groups is 4. The molecule has 0 radical (unpaired) electrons. The molecule has 0 unspecified atom stereocenters. The second-order valence-electron chi connectivity index (χ2n) is 9.13. The summed E-state index contributed by atoms with van der Waals surface area (Å²) in [6.45, 7) is 5.56. The van der Waals surface area contributed by atoms with Crippen LogP contribution in [0, 0.1) is 0 Å². The zero-order chi connectivity index (χ0) is 25.9. The Labute approximate surface area is 200 Å². The first-order chi connectivity index (χ1) is 16.4. The monoisotopic (exact) mass is 497 g/mol. The molecule has 194 valence electrons. The molecule has 0 spiro atoms. The number of anilines is 1. The number of aromatic nitrogens is 4. The van der Waals surface area contributed by atoms with Gasteiger partial charge in [-0.1, -0.05) is 0 Å². The van der Waals surface area contributed by atoms with E-state index in [1.165, 1.54) is 19.6 Å². The largest absolute Gasteiger partial charge is 0.444 e. The third kappa shape index (κ3) is 6.32. The first-order valence-electron chi connectivity index (χ1n) is 10.9. The van der Waals surface area contributed by atoms with Gasteiger partial charge < -0.3 is 50.8 Å². The van der Waals surface area contributed by atoms with Crippen LogP contribution in [0.3, 0.4) is 0 Å². The average Bonchev–Trinajstić information content (AvgIpc) is 3.25.